The number of hydrogen-bond acceptors (Lipinski definition) is 6. The lowest BCUT2D eigenvalue weighted by Crippen LogP contribution is -2.35. The second-order valence-corrected chi connectivity index (χ2v) is 7.01. The minimum Gasteiger partial charge on any atom is -0.477 e. The fourth-order valence-electron chi connectivity index (χ4n) is 4.26. The van der Waals surface area contributed by atoms with Crippen LogP contribution in [0.1, 0.15) is 11.1 Å². The largest absolute Gasteiger partial charge is 0.477 e. The molecule has 0 amide bonds. The summed E-state index contributed by atoms with van der Waals surface area (Å²) in [5.74, 6) is 0.524. The van der Waals surface area contributed by atoms with Gasteiger partial charge in [0.2, 0.25) is 0 Å². The maximum Gasteiger partial charge on any atom is 0.347 e. The Kier molecular flexibility index (Phi) is 3.69. The lowest BCUT2D eigenvalue weighted by molar-refractivity contribution is -0.149. The van der Waals surface area contributed by atoms with Gasteiger partial charge in [-0.25, -0.2) is 9.59 Å². The van der Waals surface area contributed by atoms with E-state index in [-0.39, 0.29) is 0 Å². The van der Waals surface area contributed by atoms with Gasteiger partial charge in [-0.2, -0.15) is 0 Å². The van der Waals surface area contributed by atoms with Crippen molar-refractivity contribution in [1.29, 1.82) is 0 Å². The van der Waals surface area contributed by atoms with Crippen molar-refractivity contribution in [3.05, 3.63) is 47.5 Å². The van der Waals surface area contributed by atoms with Crippen LogP contribution in [0.4, 0.5) is 0 Å². The van der Waals surface area contributed by atoms with E-state index in [2.05, 4.69) is 0 Å². The van der Waals surface area contributed by atoms with E-state index in [0.29, 0.717) is 24.3 Å². The van der Waals surface area contributed by atoms with Crippen molar-refractivity contribution in [2.24, 2.45) is 0 Å². The Bertz CT molecular complexity index is 1060. The van der Waals surface area contributed by atoms with E-state index in [9.17, 15) is 9.59 Å². The van der Waals surface area contributed by atoms with Gasteiger partial charge in [-0.1, -0.05) is 36.4 Å². The number of carbonyl (C=O) groups is 2. The third-order valence-electron chi connectivity index (χ3n) is 5.50. The first-order valence-electron chi connectivity index (χ1n) is 9.10. The molecule has 2 aliphatic heterocycles. The molecule has 0 aliphatic carbocycles. The van der Waals surface area contributed by atoms with Gasteiger partial charge in [-0.05, 0) is 11.1 Å². The Labute approximate surface area is 160 Å². The summed E-state index contributed by atoms with van der Waals surface area (Å²) in [7, 11) is 2.72. The van der Waals surface area contributed by atoms with E-state index in [4.69, 9.17) is 18.9 Å². The molecular weight excluding hydrogens is 360 g/mol. The summed E-state index contributed by atoms with van der Waals surface area (Å²) in [5, 5.41) is 3.55. The zero-order valence-electron chi connectivity index (χ0n) is 15.5. The monoisotopic (exact) mass is 378 g/mol. The molecule has 3 aromatic rings. The summed E-state index contributed by atoms with van der Waals surface area (Å²) in [6.07, 6.45) is -0.538. The summed E-state index contributed by atoms with van der Waals surface area (Å²) < 4.78 is 22.1. The molecule has 0 bridgehead atoms. The number of rotatable bonds is 2. The molecule has 0 radical (unpaired) electrons. The first-order chi connectivity index (χ1) is 13.6. The number of fused-ring (bicyclic) bond motifs is 2. The summed E-state index contributed by atoms with van der Waals surface area (Å²) >= 11 is 0. The SMILES string of the molecule is COC(=O)[C@H]1Cc2cccc3c4c5c(cccc5c(c23)O1)C[C@H](C(=O)OC)O4. The molecular formula is C22H18O6. The Morgan fingerprint density at radius 2 is 1.21 bits per heavy atom. The van der Waals surface area contributed by atoms with Gasteiger partial charge >= 0.3 is 11.9 Å². The average molecular weight is 378 g/mol. The van der Waals surface area contributed by atoms with Gasteiger partial charge in [0, 0.05) is 34.4 Å². The van der Waals surface area contributed by atoms with Crippen molar-refractivity contribution < 1.29 is 28.5 Å². The van der Waals surface area contributed by atoms with Crippen LogP contribution in [0.25, 0.3) is 21.5 Å². The maximum atomic E-state index is 12.2. The zero-order valence-corrected chi connectivity index (χ0v) is 15.5. The van der Waals surface area contributed by atoms with Gasteiger partial charge in [0.15, 0.2) is 12.2 Å². The molecule has 2 atom stereocenters. The van der Waals surface area contributed by atoms with Gasteiger partial charge < -0.3 is 18.9 Å². The number of hydrogen-bond donors (Lipinski definition) is 0. The van der Waals surface area contributed by atoms with Gasteiger partial charge in [-0.15, -0.1) is 0 Å². The van der Waals surface area contributed by atoms with Crippen LogP contribution < -0.4 is 9.47 Å². The molecule has 0 fully saturated rings. The van der Waals surface area contributed by atoms with Crippen LogP contribution in [0, 0.1) is 0 Å². The highest BCUT2D eigenvalue weighted by Gasteiger charge is 2.35. The second-order valence-electron chi connectivity index (χ2n) is 7.01. The van der Waals surface area contributed by atoms with Crippen molar-refractivity contribution >= 4 is 33.5 Å². The number of carbonyl (C=O) groups excluding carboxylic acids is 2. The highest BCUT2D eigenvalue weighted by molar-refractivity contribution is 6.14. The van der Waals surface area contributed by atoms with E-state index in [1.807, 2.05) is 36.4 Å². The quantitative estimate of drug-likeness (QED) is 0.504. The van der Waals surface area contributed by atoms with E-state index in [1.54, 1.807) is 0 Å². The van der Waals surface area contributed by atoms with Crippen LogP contribution in [0.2, 0.25) is 0 Å². The fourth-order valence-corrected chi connectivity index (χ4v) is 4.26. The molecule has 6 nitrogen and oxygen atoms in total. The summed E-state index contributed by atoms with van der Waals surface area (Å²) in [5.41, 5.74) is 1.97. The minimum atomic E-state index is -0.688. The van der Waals surface area contributed by atoms with Crippen LogP contribution in [0.5, 0.6) is 11.5 Å². The normalized spacial score (nSPS) is 19.6. The summed E-state index contributed by atoms with van der Waals surface area (Å²) in [6, 6.07) is 11.7. The first kappa shape index (κ1) is 16.9. The fraction of sp³-hybridized carbons (Fsp3) is 0.273. The van der Waals surface area contributed by atoms with Crippen LogP contribution in [-0.2, 0) is 31.9 Å². The van der Waals surface area contributed by atoms with Crippen molar-refractivity contribution in [3.8, 4) is 11.5 Å². The third-order valence-corrected chi connectivity index (χ3v) is 5.50. The predicted molar refractivity (Wildman–Crippen MR) is 102 cm³/mol. The molecule has 2 heterocycles. The predicted octanol–water partition coefficient (Wildman–Crippen LogP) is 2.95. The smallest absolute Gasteiger partial charge is 0.347 e. The number of methoxy groups -OCH3 is 2. The highest BCUT2D eigenvalue weighted by atomic mass is 16.6. The average Bonchev–Trinajstić information content (AvgIpc) is 2.75. The van der Waals surface area contributed by atoms with Crippen LogP contribution in [-0.4, -0.2) is 38.4 Å². The Balaban J connectivity index is 1.81. The Hall–Kier alpha value is -3.28. The van der Waals surface area contributed by atoms with Crippen molar-refractivity contribution in [3.63, 3.8) is 0 Å². The third kappa shape index (κ3) is 2.27. The van der Waals surface area contributed by atoms with Gasteiger partial charge in [-0.3, -0.25) is 0 Å². The van der Waals surface area contributed by atoms with Gasteiger partial charge in [0.05, 0.1) is 14.2 Å². The van der Waals surface area contributed by atoms with Gasteiger partial charge in [0.25, 0.3) is 0 Å². The number of ether oxygens (including phenoxy) is 4. The van der Waals surface area contributed by atoms with Crippen LogP contribution in [0.15, 0.2) is 36.4 Å². The molecule has 0 saturated carbocycles. The zero-order chi connectivity index (χ0) is 19.4. The van der Waals surface area contributed by atoms with Crippen LogP contribution >= 0.6 is 0 Å². The van der Waals surface area contributed by atoms with Crippen molar-refractivity contribution in [2.45, 2.75) is 25.0 Å². The van der Waals surface area contributed by atoms with Crippen molar-refractivity contribution in [1.82, 2.24) is 0 Å². The summed E-state index contributed by atoms with van der Waals surface area (Å²) in [4.78, 5) is 24.3. The first-order valence-corrected chi connectivity index (χ1v) is 9.10. The maximum absolute atomic E-state index is 12.2. The molecule has 2 aliphatic rings. The van der Waals surface area contributed by atoms with Gasteiger partial charge in [0.1, 0.15) is 11.5 Å². The molecule has 3 aromatic carbocycles. The van der Waals surface area contributed by atoms with E-state index >= 15 is 0 Å². The second kappa shape index (κ2) is 6.12. The topological polar surface area (TPSA) is 71.1 Å². The van der Waals surface area contributed by atoms with Crippen LogP contribution in [0.3, 0.4) is 0 Å². The lowest BCUT2D eigenvalue weighted by Gasteiger charge is -2.31. The molecule has 0 aromatic heterocycles. The van der Waals surface area contributed by atoms with E-state index in [1.165, 1.54) is 14.2 Å². The molecule has 28 heavy (non-hydrogen) atoms. The lowest BCUT2D eigenvalue weighted by atomic mass is 9.88. The Morgan fingerprint density at radius 3 is 1.61 bits per heavy atom. The van der Waals surface area contributed by atoms with Crippen molar-refractivity contribution in [2.75, 3.05) is 14.2 Å². The highest BCUT2D eigenvalue weighted by Crippen LogP contribution is 2.49. The number of esters is 2. The molecule has 6 heteroatoms. The van der Waals surface area contributed by atoms with E-state index in [0.717, 1.165) is 32.7 Å². The molecule has 142 valence electrons. The summed E-state index contributed by atoms with van der Waals surface area (Å²) in [6.45, 7) is 0. The number of benzene rings is 3. The minimum absolute atomic E-state index is 0.398. The molecule has 0 spiro atoms. The Morgan fingerprint density at radius 1 is 0.786 bits per heavy atom. The molecule has 0 N–H and O–H groups in total. The van der Waals surface area contributed by atoms with E-state index < -0.39 is 24.1 Å². The molecule has 0 saturated heterocycles. The molecule has 5 rings (SSSR count). The standard InChI is InChI=1S/C22H18O6/c1-25-21(23)15-9-11-5-3-8-14-17(11)19(27-15)13-7-4-6-12-10-16(22(24)26-2)28-20(14)18(12)13/h3-8,15-16H,9-10H2,1-2H3/t15-,16-/m1/s1. The molecule has 0 unspecified atom stereocenters.